The van der Waals surface area contributed by atoms with Crippen molar-refractivity contribution in [1.29, 1.82) is 0 Å². The molecule has 0 saturated carbocycles. The van der Waals surface area contributed by atoms with E-state index < -0.39 is 5.67 Å². The first-order chi connectivity index (χ1) is 9.26. The van der Waals surface area contributed by atoms with Gasteiger partial charge in [0.05, 0.1) is 0 Å². The van der Waals surface area contributed by atoms with Gasteiger partial charge in [0, 0.05) is 37.6 Å². The van der Waals surface area contributed by atoms with Crippen LogP contribution in [-0.2, 0) is 12.2 Å². The molecule has 0 aliphatic carbocycles. The number of nitrogens with zero attached hydrogens (tertiary/aromatic N) is 2. The Hall–Kier alpha value is -1.74. The van der Waals surface area contributed by atoms with Gasteiger partial charge in [-0.1, -0.05) is 36.4 Å². The lowest BCUT2D eigenvalue weighted by molar-refractivity contribution is 0.164. The monoisotopic (exact) mass is 256 g/mol. The highest BCUT2D eigenvalue weighted by Crippen LogP contribution is 2.36. The van der Waals surface area contributed by atoms with Crippen molar-refractivity contribution < 1.29 is 4.39 Å². The fraction of sp³-hybridized carbons (Fsp3) is 0.312. The van der Waals surface area contributed by atoms with Gasteiger partial charge in [-0.05, 0) is 18.1 Å². The highest BCUT2D eigenvalue weighted by Gasteiger charge is 2.39. The number of benzene rings is 1. The SMILES string of the molecule is F[C@@]1(c2cccnc2)CCN(Cc2ccccc2)C1. The summed E-state index contributed by atoms with van der Waals surface area (Å²) in [6, 6.07) is 13.9. The third-order valence-corrected chi connectivity index (χ3v) is 3.73. The third kappa shape index (κ3) is 2.66. The number of rotatable bonds is 3. The molecule has 0 N–H and O–H groups in total. The van der Waals surface area contributed by atoms with Crippen molar-refractivity contribution in [3.8, 4) is 0 Å². The van der Waals surface area contributed by atoms with Gasteiger partial charge in [0.15, 0.2) is 5.67 Å². The molecule has 0 spiro atoms. The molecule has 1 aromatic carbocycles. The average molecular weight is 256 g/mol. The van der Waals surface area contributed by atoms with Crippen molar-refractivity contribution in [2.75, 3.05) is 13.1 Å². The molecule has 1 atom stereocenters. The maximum Gasteiger partial charge on any atom is 0.151 e. The lowest BCUT2D eigenvalue weighted by Gasteiger charge is -2.21. The van der Waals surface area contributed by atoms with Crippen molar-refractivity contribution in [2.45, 2.75) is 18.6 Å². The van der Waals surface area contributed by atoms with Gasteiger partial charge in [-0.3, -0.25) is 9.88 Å². The van der Waals surface area contributed by atoms with E-state index in [1.807, 2.05) is 24.3 Å². The number of aromatic nitrogens is 1. The standard InChI is InChI=1S/C16H17FN2/c17-16(15-7-4-9-18-11-15)8-10-19(13-16)12-14-5-2-1-3-6-14/h1-7,9,11H,8,10,12-13H2/t16-/m0/s1. The molecule has 3 rings (SSSR count). The van der Waals surface area contributed by atoms with Crippen LogP contribution in [0.15, 0.2) is 54.9 Å². The molecule has 3 heteroatoms. The Balaban J connectivity index is 1.70. The van der Waals surface area contributed by atoms with Crippen molar-refractivity contribution in [3.63, 3.8) is 0 Å². The van der Waals surface area contributed by atoms with Crippen LogP contribution in [0.1, 0.15) is 17.5 Å². The molecule has 0 bridgehead atoms. The van der Waals surface area contributed by atoms with Crippen LogP contribution in [0.5, 0.6) is 0 Å². The number of hydrogen-bond donors (Lipinski definition) is 0. The van der Waals surface area contributed by atoms with E-state index in [1.54, 1.807) is 18.5 Å². The van der Waals surface area contributed by atoms with Crippen LogP contribution in [-0.4, -0.2) is 23.0 Å². The largest absolute Gasteiger partial charge is 0.295 e. The van der Waals surface area contributed by atoms with Crippen LogP contribution in [0.2, 0.25) is 0 Å². The van der Waals surface area contributed by atoms with E-state index in [0.717, 1.165) is 13.1 Å². The van der Waals surface area contributed by atoms with E-state index >= 15 is 0 Å². The normalized spacial score (nSPS) is 23.6. The summed E-state index contributed by atoms with van der Waals surface area (Å²) in [6.07, 6.45) is 3.88. The first-order valence-corrected chi connectivity index (χ1v) is 6.62. The summed E-state index contributed by atoms with van der Waals surface area (Å²) in [5.74, 6) is 0. The summed E-state index contributed by atoms with van der Waals surface area (Å²) in [5, 5.41) is 0. The molecule has 98 valence electrons. The molecule has 1 fully saturated rings. The van der Waals surface area contributed by atoms with Crippen LogP contribution >= 0.6 is 0 Å². The van der Waals surface area contributed by atoms with Gasteiger partial charge in [0.25, 0.3) is 0 Å². The predicted molar refractivity (Wildman–Crippen MR) is 73.4 cm³/mol. The molecule has 1 aromatic heterocycles. The minimum Gasteiger partial charge on any atom is -0.295 e. The highest BCUT2D eigenvalue weighted by atomic mass is 19.1. The number of halogens is 1. The zero-order valence-corrected chi connectivity index (χ0v) is 10.8. The second-order valence-corrected chi connectivity index (χ2v) is 5.15. The summed E-state index contributed by atoms with van der Waals surface area (Å²) in [5.41, 5.74) is 0.687. The molecule has 2 nitrogen and oxygen atoms in total. The fourth-order valence-electron chi connectivity index (χ4n) is 2.69. The molecule has 1 aliphatic rings. The first-order valence-electron chi connectivity index (χ1n) is 6.62. The van der Waals surface area contributed by atoms with Gasteiger partial charge in [-0.15, -0.1) is 0 Å². The minimum atomic E-state index is -1.25. The maximum absolute atomic E-state index is 14.9. The number of alkyl halides is 1. The Morgan fingerprint density at radius 1 is 1.16 bits per heavy atom. The average Bonchev–Trinajstić information content (AvgIpc) is 2.84. The van der Waals surface area contributed by atoms with E-state index in [9.17, 15) is 4.39 Å². The predicted octanol–water partition coefficient (Wildman–Crippen LogP) is 3.15. The molecule has 0 unspecified atom stereocenters. The number of hydrogen-bond acceptors (Lipinski definition) is 2. The van der Waals surface area contributed by atoms with E-state index in [4.69, 9.17) is 0 Å². The second-order valence-electron chi connectivity index (χ2n) is 5.15. The van der Waals surface area contributed by atoms with Crippen molar-refractivity contribution in [1.82, 2.24) is 9.88 Å². The topological polar surface area (TPSA) is 16.1 Å². The summed E-state index contributed by atoms with van der Waals surface area (Å²) in [6.45, 7) is 2.06. The first kappa shape index (κ1) is 12.3. The molecule has 0 radical (unpaired) electrons. The summed E-state index contributed by atoms with van der Waals surface area (Å²) >= 11 is 0. The molecule has 19 heavy (non-hydrogen) atoms. The Bertz CT molecular complexity index is 529. The molecular weight excluding hydrogens is 239 g/mol. The lowest BCUT2D eigenvalue weighted by Crippen LogP contribution is -2.27. The smallest absolute Gasteiger partial charge is 0.151 e. The Morgan fingerprint density at radius 2 is 2.00 bits per heavy atom. The van der Waals surface area contributed by atoms with Crippen LogP contribution < -0.4 is 0 Å². The zero-order chi connectivity index (χ0) is 13.1. The van der Waals surface area contributed by atoms with Crippen LogP contribution in [0.25, 0.3) is 0 Å². The number of likely N-dealkylation sites (tertiary alicyclic amines) is 1. The lowest BCUT2D eigenvalue weighted by atomic mass is 9.97. The quantitative estimate of drug-likeness (QED) is 0.838. The summed E-state index contributed by atoms with van der Waals surface area (Å²) in [7, 11) is 0. The minimum absolute atomic E-state index is 0.452. The molecule has 2 heterocycles. The Labute approximate surface area is 112 Å². The van der Waals surface area contributed by atoms with Gasteiger partial charge in [0.1, 0.15) is 0 Å². The molecule has 0 amide bonds. The second kappa shape index (κ2) is 5.10. The van der Waals surface area contributed by atoms with Gasteiger partial charge < -0.3 is 0 Å². The van der Waals surface area contributed by atoms with Gasteiger partial charge >= 0.3 is 0 Å². The maximum atomic E-state index is 14.9. The van der Waals surface area contributed by atoms with Gasteiger partial charge in [-0.2, -0.15) is 0 Å². The Morgan fingerprint density at radius 3 is 2.74 bits per heavy atom. The van der Waals surface area contributed by atoms with Crippen LogP contribution in [0.4, 0.5) is 4.39 Å². The van der Waals surface area contributed by atoms with E-state index in [-0.39, 0.29) is 0 Å². The summed E-state index contributed by atoms with van der Waals surface area (Å²) < 4.78 is 14.9. The van der Waals surface area contributed by atoms with Crippen molar-refractivity contribution in [3.05, 3.63) is 66.0 Å². The van der Waals surface area contributed by atoms with E-state index in [1.165, 1.54) is 5.56 Å². The molecule has 1 aliphatic heterocycles. The van der Waals surface area contributed by atoms with Crippen molar-refractivity contribution >= 4 is 0 Å². The van der Waals surface area contributed by atoms with E-state index in [0.29, 0.717) is 18.5 Å². The van der Waals surface area contributed by atoms with Crippen LogP contribution in [0, 0.1) is 0 Å². The number of pyridine rings is 1. The highest BCUT2D eigenvalue weighted by molar-refractivity contribution is 5.21. The molecule has 2 aromatic rings. The third-order valence-electron chi connectivity index (χ3n) is 3.73. The zero-order valence-electron chi connectivity index (χ0n) is 10.8. The van der Waals surface area contributed by atoms with E-state index in [2.05, 4.69) is 22.0 Å². The van der Waals surface area contributed by atoms with Crippen molar-refractivity contribution in [2.24, 2.45) is 0 Å². The summed E-state index contributed by atoms with van der Waals surface area (Å²) in [4.78, 5) is 6.19. The van der Waals surface area contributed by atoms with Gasteiger partial charge in [0.2, 0.25) is 0 Å². The van der Waals surface area contributed by atoms with Crippen LogP contribution in [0.3, 0.4) is 0 Å². The molecular formula is C16H17FN2. The van der Waals surface area contributed by atoms with Gasteiger partial charge in [-0.25, -0.2) is 4.39 Å². The fourth-order valence-corrected chi connectivity index (χ4v) is 2.69. The molecule has 1 saturated heterocycles. The Kier molecular flexibility index (Phi) is 3.30.